The van der Waals surface area contributed by atoms with Gasteiger partial charge in [0, 0.05) is 19.2 Å². The van der Waals surface area contributed by atoms with Gasteiger partial charge in [0.15, 0.2) is 5.69 Å². The van der Waals surface area contributed by atoms with Crippen LogP contribution in [-0.4, -0.2) is 36.1 Å². The Balaban J connectivity index is 2.37. The number of carbonyl (C=O) groups is 1. The van der Waals surface area contributed by atoms with Crippen LogP contribution in [0, 0.1) is 10.1 Å². The molecule has 0 aliphatic heterocycles. The van der Waals surface area contributed by atoms with Gasteiger partial charge < -0.3 is 9.64 Å². The summed E-state index contributed by atoms with van der Waals surface area (Å²) in [5.41, 5.74) is -0.00325. The quantitative estimate of drug-likeness (QED) is 0.482. The maximum atomic E-state index is 11.6. The van der Waals surface area contributed by atoms with Crippen molar-refractivity contribution in [1.29, 1.82) is 0 Å². The molecule has 1 aromatic rings. The van der Waals surface area contributed by atoms with Gasteiger partial charge in [0.2, 0.25) is 5.82 Å². The minimum absolute atomic E-state index is 0.0840. The SMILES string of the molecule is COC(=O)c1ccc([N+](=O)[O-])c(N(C)C2CCCCC2)n1. The lowest BCUT2D eigenvalue weighted by atomic mass is 9.94. The summed E-state index contributed by atoms with van der Waals surface area (Å²) in [4.78, 5) is 28.3. The van der Waals surface area contributed by atoms with Crippen molar-refractivity contribution in [3.8, 4) is 0 Å². The Bertz CT molecular complexity index is 541. The van der Waals surface area contributed by atoms with Gasteiger partial charge in [-0.05, 0) is 18.9 Å². The Morgan fingerprint density at radius 2 is 2.05 bits per heavy atom. The molecule has 1 aromatic heterocycles. The molecular weight excluding hydrogens is 274 g/mol. The van der Waals surface area contributed by atoms with Crippen LogP contribution in [0.3, 0.4) is 0 Å². The number of hydrogen-bond donors (Lipinski definition) is 0. The Kier molecular flexibility index (Phi) is 4.72. The summed E-state index contributed by atoms with van der Waals surface area (Å²) in [6.07, 6.45) is 5.39. The molecule has 21 heavy (non-hydrogen) atoms. The molecule has 0 atom stereocenters. The summed E-state index contributed by atoms with van der Waals surface area (Å²) < 4.78 is 4.63. The fourth-order valence-corrected chi connectivity index (χ4v) is 2.70. The molecule has 7 heteroatoms. The van der Waals surface area contributed by atoms with Crippen molar-refractivity contribution in [2.24, 2.45) is 0 Å². The van der Waals surface area contributed by atoms with Crippen molar-refractivity contribution in [3.05, 3.63) is 27.9 Å². The number of aromatic nitrogens is 1. The van der Waals surface area contributed by atoms with Gasteiger partial charge in [-0.15, -0.1) is 0 Å². The van der Waals surface area contributed by atoms with Gasteiger partial charge in [-0.1, -0.05) is 19.3 Å². The second kappa shape index (κ2) is 6.51. The number of pyridine rings is 1. The van der Waals surface area contributed by atoms with Crippen molar-refractivity contribution < 1.29 is 14.5 Å². The third kappa shape index (κ3) is 3.29. The molecule has 1 aliphatic carbocycles. The molecule has 7 nitrogen and oxygen atoms in total. The van der Waals surface area contributed by atoms with E-state index in [2.05, 4.69) is 9.72 Å². The zero-order chi connectivity index (χ0) is 15.4. The Labute approximate surface area is 123 Å². The molecular formula is C14H19N3O4. The fraction of sp³-hybridized carbons (Fsp3) is 0.571. The van der Waals surface area contributed by atoms with Crippen molar-refractivity contribution in [2.45, 2.75) is 38.1 Å². The van der Waals surface area contributed by atoms with Crippen LogP contribution in [0.2, 0.25) is 0 Å². The van der Waals surface area contributed by atoms with Crippen molar-refractivity contribution in [3.63, 3.8) is 0 Å². The van der Waals surface area contributed by atoms with Crippen LogP contribution in [0.5, 0.6) is 0 Å². The molecule has 0 N–H and O–H groups in total. The summed E-state index contributed by atoms with van der Waals surface area (Å²) >= 11 is 0. The van der Waals surface area contributed by atoms with Gasteiger partial charge in [0.1, 0.15) is 0 Å². The van der Waals surface area contributed by atoms with Crippen LogP contribution >= 0.6 is 0 Å². The fourth-order valence-electron chi connectivity index (χ4n) is 2.70. The third-order valence-electron chi connectivity index (χ3n) is 3.90. The number of nitrogens with zero attached hydrogens (tertiary/aromatic N) is 3. The van der Waals surface area contributed by atoms with Crippen LogP contribution in [0.4, 0.5) is 11.5 Å². The van der Waals surface area contributed by atoms with Crippen LogP contribution in [0.15, 0.2) is 12.1 Å². The van der Waals surface area contributed by atoms with E-state index in [0.29, 0.717) is 0 Å². The van der Waals surface area contributed by atoms with E-state index in [9.17, 15) is 14.9 Å². The summed E-state index contributed by atoms with van der Waals surface area (Å²) in [5, 5.41) is 11.2. The van der Waals surface area contributed by atoms with Crippen LogP contribution < -0.4 is 4.90 Å². The van der Waals surface area contributed by atoms with Crippen LogP contribution in [0.1, 0.15) is 42.6 Å². The van der Waals surface area contributed by atoms with Gasteiger partial charge in [-0.2, -0.15) is 0 Å². The first-order valence-corrected chi connectivity index (χ1v) is 7.01. The molecule has 0 saturated heterocycles. The number of rotatable bonds is 4. The topological polar surface area (TPSA) is 85.6 Å². The largest absolute Gasteiger partial charge is 0.464 e. The number of carbonyl (C=O) groups excluding carboxylic acids is 1. The van der Waals surface area contributed by atoms with E-state index in [-0.39, 0.29) is 23.2 Å². The molecule has 2 rings (SSSR count). The highest BCUT2D eigenvalue weighted by atomic mass is 16.6. The summed E-state index contributed by atoms with van der Waals surface area (Å²) in [7, 11) is 3.06. The van der Waals surface area contributed by atoms with E-state index in [0.717, 1.165) is 25.7 Å². The van der Waals surface area contributed by atoms with Crippen LogP contribution in [0.25, 0.3) is 0 Å². The van der Waals surface area contributed by atoms with Gasteiger partial charge in [-0.25, -0.2) is 9.78 Å². The number of hydrogen-bond acceptors (Lipinski definition) is 6. The van der Waals surface area contributed by atoms with E-state index in [4.69, 9.17) is 0 Å². The Hall–Kier alpha value is -2.18. The molecule has 0 amide bonds. The highest BCUT2D eigenvalue weighted by molar-refractivity contribution is 5.88. The molecule has 0 bridgehead atoms. The molecule has 1 fully saturated rings. The van der Waals surface area contributed by atoms with Crippen LogP contribution in [-0.2, 0) is 4.74 Å². The van der Waals surface area contributed by atoms with E-state index in [1.165, 1.54) is 25.7 Å². The summed E-state index contributed by atoms with van der Waals surface area (Å²) in [6, 6.07) is 2.86. The molecule has 0 aromatic carbocycles. The standard InChI is InChI=1S/C14H19N3O4/c1-16(10-6-4-3-5-7-10)13-12(17(19)20)9-8-11(15-13)14(18)21-2/h8-10H,3-7H2,1-2H3. The first-order valence-electron chi connectivity index (χ1n) is 7.01. The zero-order valence-corrected chi connectivity index (χ0v) is 12.2. The first kappa shape index (κ1) is 15.2. The normalized spacial score (nSPS) is 15.5. The molecule has 0 radical (unpaired) electrons. The number of ether oxygens (including phenoxy) is 1. The van der Waals surface area contributed by atoms with E-state index < -0.39 is 10.9 Å². The van der Waals surface area contributed by atoms with Gasteiger partial charge in [0.25, 0.3) is 0 Å². The first-order chi connectivity index (χ1) is 10.0. The van der Waals surface area contributed by atoms with Gasteiger partial charge >= 0.3 is 11.7 Å². The second-order valence-corrected chi connectivity index (χ2v) is 5.19. The zero-order valence-electron chi connectivity index (χ0n) is 12.2. The van der Waals surface area contributed by atoms with Gasteiger partial charge in [-0.3, -0.25) is 10.1 Å². The molecule has 114 valence electrons. The smallest absolute Gasteiger partial charge is 0.356 e. The lowest BCUT2D eigenvalue weighted by Gasteiger charge is -2.31. The second-order valence-electron chi connectivity index (χ2n) is 5.19. The van der Waals surface area contributed by atoms with E-state index >= 15 is 0 Å². The molecule has 0 spiro atoms. The number of methoxy groups -OCH3 is 1. The Morgan fingerprint density at radius 3 is 2.62 bits per heavy atom. The van der Waals surface area contributed by atoms with Crippen molar-refractivity contribution >= 4 is 17.5 Å². The average Bonchev–Trinajstić information content (AvgIpc) is 2.53. The number of esters is 1. The minimum atomic E-state index is -0.594. The molecule has 0 unspecified atom stereocenters. The lowest BCUT2D eigenvalue weighted by molar-refractivity contribution is -0.384. The highest BCUT2D eigenvalue weighted by Crippen LogP contribution is 2.31. The molecule has 1 heterocycles. The summed E-state index contributed by atoms with van der Waals surface area (Å²) in [5.74, 6) is -0.363. The average molecular weight is 293 g/mol. The number of nitro groups is 1. The monoisotopic (exact) mass is 293 g/mol. The van der Waals surface area contributed by atoms with E-state index in [1.807, 2.05) is 4.90 Å². The lowest BCUT2D eigenvalue weighted by Crippen LogP contribution is -2.34. The third-order valence-corrected chi connectivity index (χ3v) is 3.90. The predicted molar refractivity (Wildman–Crippen MR) is 77.5 cm³/mol. The van der Waals surface area contributed by atoms with Crippen molar-refractivity contribution in [2.75, 3.05) is 19.1 Å². The van der Waals surface area contributed by atoms with Crippen molar-refractivity contribution in [1.82, 2.24) is 4.98 Å². The van der Waals surface area contributed by atoms with Gasteiger partial charge in [0.05, 0.1) is 12.0 Å². The molecule has 1 aliphatic rings. The summed E-state index contributed by atoms with van der Waals surface area (Å²) in [6.45, 7) is 0. The Morgan fingerprint density at radius 1 is 1.38 bits per heavy atom. The maximum absolute atomic E-state index is 11.6. The highest BCUT2D eigenvalue weighted by Gasteiger charge is 2.27. The maximum Gasteiger partial charge on any atom is 0.356 e. The number of anilines is 1. The predicted octanol–water partition coefficient (Wildman–Crippen LogP) is 2.55. The van der Waals surface area contributed by atoms with E-state index in [1.54, 1.807) is 7.05 Å². The minimum Gasteiger partial charge on any atom is -0.464 e. The molecule has 1 saturated carbocycles.